The van der Waals surface area contributed by atoms with Crippen molar-refractivity contribution < 1.29 is 4.79 Å². The molecule has 0 saturated carbocycles. The van der Waals surface area contributed by atoms with Crippen molar-refractivity contribution in [3.8, 4) is 0 Å². The lowest BCUT2D eigenvalue weighted by molar-refractivity contribution is -0.122. The summed E-state index contributed by atoms with van der Waals surface area (Å²) in [6.45, 7) is 4.25. The van der Waals surface area contributed by atoms with Gasteiger partial charge in [-0.15, -0.1) is 0 Å². The van der Waals surface area contributed by atoms with Crippen LogP contribution in [0, 0.1) is 5.92 Å². The third-order valence-corrected chi connectivity index (χ3v) is 4.35. The Balaban J connectivity index is 1.67. The van der Waals surface area contributed by atoms with Gasteiger partial charge >= 0.3 is 0 Å². The molecule has 1 atom stereocenters. The van der Waals surface area contributed by atoms with Crippen LogP contribution in [0.25, 0.3) is 0 Å². The molecule has 4 heteroatoms. The van der Waals surface area contributed by atoms with Crippen LogP contribution in [-0.4, -0.2) is 25.0 Å². The molecule has 116 valence electrons. The maximum atomic E-state index is 12.0. The first-order valence-electron chi connectivity index (χ1n) is 7.88. The summed E-state index contributed by atoms with van der Waals surface area (Å²) in [6, 6.07) is 7.97. The molecule has 0 radical (unpaired) electrons. The highest BCUT2D eigenvalue weighted by atomic mass is 35.5. The summed E-state index contributed by atoms with van der Waals surface area (Å²) in [5.74, 6) is 0.888. The minimum atomic E-state index is 0.159. The number of nitrogens with one attached hydrogen (secondary N) is 2. The van der Waals surface area contributed by atoms with Crippen LogP contribution in [0.4, 0.5) is 0 Å². The Labute approximate surface area is 132 Å². The average molecular weight is 309 g/mol. The Morgan fingerprint density at radius 2 is 2.00 bits per heavy atom. The van der Waals surface area contributed by atoms with E-state index >= 15 is 0 Å². The third-order valence-electron chi connectivity index (χ3n) is 4.10. The lowest BCUT2D eigenvalue weighted by Gasteiger charge is -2.22. The molecule has 0 bridgehead atoms. The van der Waals surface area contributed by atoms with Crippen LogP contribution in [0.5, 0.6) is 0 Å². The smallest absolute Gasteiger partial charge is 0.220 e. The Kier molecular flexibility index (Phi) is 6.52. The van der Waals surface area contributed by atoms with Gasteiger partial charge < -0.3 is 10.6 Å². The van der Waals surface area contributed by atoms with E-state index in [0.717, 1.165) is 31.0 Å². The largest absolute Gasteiger partial charge is 0.353 e. The number of rotatable bonds is 6. The van der Waals surface area contributed by atoms with Gasteiger partial charge in [-0.05, 0) is 69.3 Å². The second kappa shape index (κ2) is 8.40. The van der Waals surface area contributed by atoms with Gasteiger partial charge in [0.15, 0.2) is 0 Å². The highest BCUT2D eigenvalue weighted by Crippen LogP contribution is 2.17. The minimum Gasteiger partial charge on any atom is -0.353 e. The summed E-state index contributed by atoms with van der Waals surface area (Å²) in [4.78, 5) is 12.0. The van der Waals surface area contributed by atoms with Gasteiger partial charge in [0, 0.05) is 17.5 Å². The molecule has 1 aromatic rings. The summed E-state index contributed by atoms with van der Waals surface area (Å²) < 4.78 is 0. The summed E-state index contributed by atoms with van der Waals surface area (Å²) >= 11 is 5.87. The average Bonchev–Trinajstić information content (AvgIpc) is 2.48. The van der Waals surface area contributed by atoms with Crippen molar-refractivity contribution in [1.29, 1.82) is 0 Å². The second-order valence-corrected chi connectivity index (χ2v) is 6.47. The first-order chi connectivity index (χ1) is 10.1. The zero-order valence-electron chi connectivity index (χ0n) is 12.7. The molecular formula is C17H25ClN2O. The van der Waals surface area contributed by atoms with Crippen LogP contribution >= 0.6 is 11.6 Å². The molecule has 1 unspecified atom stereocenters. The third kappa shape index (κ3) is 6.06. The van der Waals surface area contributed by atoms with Crippen LogP contribution in [0.2, 0.25) is 5.02 Å². The van der Waals surface area contributed by atoms with E-state index in [1.807, 2.05) is 24.3 Å². The Morgan fingerprint density at radius 3 is 2.67 bits per heavy atom. The molecule has 1 fully saturated rings. The summed E-state index contributed by atoms with van der Waals surface area (Å²) in [6.07, 6.45) is 4.91. The molecule has 0 aromatic heterocycles. The van der Waals surface area contributed by atoms with E-state index in [1.54, 1.807) is 0 Å². The molecule has 1 heterocycles. The van der Waals surface area contributed by atoms with Gasteiger partial charge in [-0.25, -0.2) is 0 Å². The van der Waals surface area contributed by atoms with Gasteiger partial charge in [0.05, 0.1) is 0 Å². The molecule has 21 heavy (non-hydrogen) atoms. The van der Waals surface area contributed by atoms with Crippen LogP contribution in [0.3, 0.4) is 0 Å². The van der Waals surface area contributed by atoms with Crippen molar-refractivity contribution in [3.63, 3.8) is 0 Å². The fourth-order valence-corrected chi connectivity index (χ4v) is 3.00. The standard InChI is InChI=1S/C17H25ClN2O/c1-13(12-15-2-5-16(18)6-3-15)20-17(21)7-4-14-8-10-19-11-9-14/h2-3,5-6,13-14,19H,4,7-12H2,1H3,(H,20,21). The lowest BCUT2D eigenvalue weighted by Crippen LogP contribution is -2.35. The summed E-state index contributed by atoms with van der Waals surface area (Å²) in [7, 11) is 0. The Hall–Kier alpha value is -1.06. The second-order valence-electron chi connectivity index (χ2n) is 6.03. The SMILES string of the molecule is CC(Cc1ccc(Cl)cc1)NC(=O)CCC1CCNCC1. The minimum absolute atomic E-state index is 0.159. The zero-order valence-corrected chi connectivity index (χ0v) is 13.5. The van der Waals surface area contributed by atoms with Gasteiger partial charge in [-0.2, -0.15) is 0 Å². The van der Waals surface area contributed by atoms with Crippen LogP contribution in [0.15, 0.2) is 24.3 Å². The van der Waals surface area contributed by atoms with E-state index in [4.69, 9.17) is 11.6 Å². The molecule has 1 saturated heterocycles. The maximum Gasteiger partial charge on any atom is 0.220 e. The van der Waals surface area contributed by atoms with Crippen LogP contribution in [0.1, 0.15) is 38.2 Å². The number of hydrogen-bond acceptors (Lipinski definition) is 2. The summed E-state index contributed by atoms with van der Waals surface area (Å²) in [5, 5.41) is 7.20. The van der Waals surface area contributed by atoms with Crippen LogP contribution in [-0.2, 0) is 11.2 Å². The molecule has 1 aliphatic rings. The number of benzene rings is 1. The first-order valence-corrected chi connectivity index (χ1v) is 8.26. The fourth-order valence-electron chi connectivity index (χ4n) is 2.88. The predicted molar refractivity (Wildman–Crippen MR) is 87.6 cm³/mol. The van der Waals surface area contributed by atoms with Gasteiger partial charge in [0.25, 0.3) is 0 Å². The maximum absolute atomic E-state index is 12.0. The number of carbonyl (C=O) groups excluding carboxylic acids is 1. The van der Waals surface area contributed by atoms with Crippen molar-refractivity contribution in [2.75, 3.05) is 13.1 Å². The molecule has 2 N–H and O–H groups in total. The molecule has 0 aliphatic carbocycles. The zero-order chi connectivity index (χ0) is 15.1. The molecule has 3 nitrogen and oxygen atoms in total. The van der Waals surface area contributed by atoms with E-state index in [9.17, 15) is 4.79 Å². The molecular weight excluding hydrogens is 284 g/mol. The number of piperidine rings is 1. The number of carbonyl (C=O) groups is 1. The van der Waals surface area contributed by atoms with E-state index in [0.29, 0.717) is 12.3 Å². The molecule has 1 aliphatic heterocycles. The van der Waals surface area contributed by atoms with E-state index in [1.165, 1.54) is 18.4 Å². The van der Waals surface area contributed by atoms with Crippen LogP contribution < -0.4 is 10.6 Å². The topological polar surface area (TPSA) is 41.1 Å². The van der Waals surface area contributed by atoms with E-state index in [-0.39, 0.29) is 11.9 Å². The van der Waals surface area contributed by atoms with Gasteiger partial charge in [-0.3, -0.25) is 4.79 Å². The number of amides is 1. The molecule has 1 aromatic carbocycles. The van der Waals surface area contributed by atoms with Gasteiger partial charge in [0.1, 0.15) is 0 Å². The van der Waals surface area contributed by atoms with Gasteiger partial charge in [-0.1, -0.05) is 23.7 Å². The van der Waals surface area contributed by atoms with E-state index in [2.05, 4.69) is 17.6 Å². The highest BCUT2D eigenvalue weighted by molar-refractivity contribution is 6.30. The van der Waals surface area contributed by atoms with Crippen molar-refractivity contribution in [2.45, 2.75) is 45.1 Å². The number of halogens is 1. The Bertz CT molecular complexity index is 441. The van der Waals surface area contributed by atoms with E-state index < -0.39 is 0 Å². The Morgan fingerprint density at radius 1 is 1.33 bits per heavy atom. The first kappa shape index (κ1) is 16.3. The molecule has 1 amide bonds. The van der Waals surface area contributed by atoms with Crippen molar-refractivity contribution >= 4 is 17.5 Å². The van der Waals surface area contributed by atoms with Gasteiger partial charge in [0.2, 0.25) is 5.91 Å². The normalized spacial score (nSPS) is 17.4. The fraction of sp³-hybridized carbons (Fsp3) is 0.588. The highest BCUT2D eigenvalue weighted by Gasteiger charge is 2.15. The van der Waals surface area contributed by atoms with Crippen molar-refractivity contribution in [2.24, 2.45) is 5.92 Å². The monoisotopic (exact) mass is 308 g/mol. The van der Waals surface area contributed by atoms with Crippen molar-refractivity contribution in [1.82, 2.24) is 10.6 Å². The quantitative estimate of drug-likeness (QED) is 0.847. The molecule has 0 spiro atoms. The number of hydrogen-bond donors (Lipinski definition) is 2. The van der Waals surface area contributed by atoms with Crippen molar-refractivity contribution in [3.05, 3.63) is 34.9 Å². The predicted octanol–water partition coefficient (Wildman–Crippen LogP) is 3.17. The lowest BCUT2D eigenvalue weighted by atomic mass is 9.93. The molecule has 2 rings (SSSR count). The summed E-state index contributed by atoms with van der Waals surface area (Å²) in [5.41, 5.74) is 1.20.